The van der Waals surface area contributed by atoms with Crippen LogP contribution in [0.1, 0.15) is 16.5 Å². The fourth-order valence-corrected chi connectivity index (χ4v) is 3.62. The normalized spacial score (nSPS) is 12.7. The average molecular weight is 431 g/mol. The number of aromatic amines is 2. The highest BCUT2D eigenvalue weighted by Crippen LogP contribution is 2.33. The second-order valence-corrected chi connectivity index (χ2v) is 7.09. The first-order valence-electron chi connectivity index (χ1n) is 6.33. The molecule has 6 heteroatoms. The Balaban J connectivity index is 1.93. The van der Waals surface area contributed by atoms with E-state index in [0.29, 0.717) is 6.42 Å². The lowest BCUT2D eigenvalue weighted by atomic mass is 10.0. The van der Waals surface area contributed by atoms with Crippen LogP contribution in [-0.4, -0.2) is 9.97 Å². The number of hydrogen-bond donors (Lipinski definition) is 2. The van der Waals surface area contributed by atoms with Crippen molar-refractivity contribution in [2.75, 3.05) is 0 Å². The van der Waals surface area contributed by atoms with Crippen molar-refractivity contribution in [2.45, 2.75) is 11.8 Å². The summed E-state index contributed by atoms with van der Waals surface area (Å²) in [5.74, 6) is 0. The van der Waals surface area contributed by atoms with Crippen molar-refractivity contribution in [3.63, 3.8) is 0 Å². The summed E-state index contributed by atoms with van der Waals surface area (Å²) in [6.07, 6.45) is 0.716. The zero-order valence-electron chi connectivity index (χ0n) is 10.8. The summed E-state index contributed by atoms with van der Waals surface area (Å²) in [6.45, 7) is 0. The molecule has 1 aromatic heterocycles. The van der Waals surface area contributed by atoms with E-state index in [0.717, 1.165) is 31.1 Å². The van der Waals surface area contributed by atoms with Crippen molar-refractivity contribution in [1.82, 2.24) is 9.97 Å². The van der Waals surface area contributed by atoms with E-state index in [9.17, 15) is 4.79 Å². The van der Waals surface area contributed by atoms with Crippen molar-refractivity contribution in [3.05, 3.63) is 67.0 Å². The van der Waals surface area contributed by atoms with E-state index in [1.165, 1.54) is 0 Å². The Hall–Kier alpha value is -1.04. The number of fused-ring (bicyclic) bond motifs is 1. The third kappa shape index (κ3) is 3.25. The summed E-state index contributed by atoms with van der Waals surface area (Å²) < 4.78 is 1.94. The molecule has 0 bridgehead atoms. The molecule has 0 saturated heterocycles. The van der Waals surface area contributed by atoms with Gasteiger partial charge in [0.1, 0.15) is 0 Å². The van der Waals surface area contributed by atoms with E-state index in [4.69, 9.17) is 11.6 Å². The number of aromatic nitrogens is 2. The summed E-state index contributed by atoms with van der Waals surface area (Å²) >= 11 is 13.5. The number of hydrogen-bond acceptors (Lipinski definition) is 1. The van der Waals surface area contributed by atoms with Crippen molar-refractivity contribution in [3.8, 4) is 0 Å². The Morgan fingerprint density at radius 1 is 1.05 bits per heavy atom. The second kappa shape index (κ2) is 5.99. The van der Waals surface area contributed by atoms with E-state index in [-0.39, 0.29) is 11.1 Å². The maximum Gasteiger partial charge on any atom is 0.323 e. The van der Waals surface area contributed by atoms with Gasteiger partial charge < -0.3 is 9.97 Å². The molecule has 3 nitrogen and oxygen atoms in total. The Kier molecular flexibility index (Phi) is 4.24. The topological polar surface area (TPSA) is 48.6 Å². The van der Waals surface area contributed by atoms with Gasteiger partial charge in [0.05, 0.1) is 16.4 Å². The molecule has 0 aliphatic rings. The highest BCUT2D eigenvalue weighted by atomic mass is 79.9. The second-order valence-electron chi connectivity index (χ2n) is 4.80. The fourth-order valence-electron chi connectivity index (χ4n) is 2.25. The molecule has 2 aromatic carbocycles. The van der Waals surface area contributed by atoms with Gasteiger partial charge in [-0.2, -0.15) is 0 Å². The Labute approximate surface area is 143 Å². The number of halogens is 3. The monoisotopic (exact) mass is 428 g/mol. The van der Waals surface area contributed by atoms with E-state index in [1.54, 1.807) is 0 Å². The van der Waals surface area contributed by atoms with E-state index in [1.807, 2.05) is 36.4 Å². The maximum atomic E-state index is 11.3. The quantitative estimate of drug-likeness (QED) is 0.571. The van der Waals surface area contributed by atoms with Crippen LogP contribution in [0.5, 0.6) is 0 Å². The third-order valence-corrected chi connectivity index (χ3v) is 4.90. The van der Waals surface area contributed by atoms with Gasteiger partial charge in [0, 0.05) is 8.95 Å². The molecule has 1 heterocycles. The molecule has 108 valence electrons. The fraction of sp³-hybridized carbons (Fsp3) is 0.133. The zero-order valence-corrected chi connectivity index (χ0v) is 14.7. The van der Waals surface area contributed by atoms with Crippen LogP contribution in [-0.2, 0) is 6.42 Å². The highest BCUT2D eigenvalue weighted by molar-refractivity contribution is 9.10. The lowest BCUT2D eigenvalue weighted by molar-refractivity contribution is 0.916. The number of H-pyrrole nitrogens is 2. The molecule has 1 unspecified atom stereocenters. The molecule has 3 rings (SSSR count). The van der Waals surface area contributed by atoms with Gasteiger partial charge in [0.15, 0.2) is 0 Å². The smallest absolute Gasteiger partial charge is 0.306 e. The van der Waals surface area contributed by atoms with Gasteiger partial charge in [-0.15, -0.1) is 11.6 Å². The lowest BCUT2D eigenvalue weighted by Gasteiger charge is -2.12. The molecule has 0 spiro atoms. The summed E-state index contributed by atoms with van der Waals surface area (Å²) in [5, 5.41) is -0.177. The summed E-state index contributed by atoms with van der Waals surface area (Å²) in [4.78, 5) is 16.8. The van der Waals surface area contributed by atoms with Crippen molar-refractivity contribution < 1.29 is 0 Å². The molecule has 0 fully saturated rings. The first-order chi connectivity index (χ1) is 10.0. The Bertz CT molecular complexity index is 839. The highest BCUT2D eigenvalue weighted by Gasteiger charge is 2.14. The minimum absolute atomic E-state index is 0.177. The molecule has 2 N–H and O–H groups in total. The zero-order chi connectivity index (χ0) is 15.0. The van der Waals surface area contributed by atoms with Crippen LogP contribution >= 0.6 is 43.5 Å². The SMILES string of the molecule is O=c1[nH]c2cc(Br)c(C(Cl)Cc3ccc(Br)cc3)cc2[nH]1. The maximum absolute atomic E-state index is 11.3. The first-order valence-corrected chi connectivity index (χ1v) is 8.35. The number of benzene rings is 2. The lowest BCUT2D eigenvalue weighted by Crippen LogP contribution is -1.99. The molecule has 3 aromatic rings. The van der Waals surface area contributed by atoms with Crippen molar-refractivity contribution in [1.29, 1.82) is 0 Å². The van der Waals surface area contributed by atoms with Crippen LogP contribution in [0.2, 0.25) is 0 Å². The Morgan fingerprint density at radius 2 is 1.67 bits per heavy atom. The Morgan fingerprint density at radius 3 is 2.33 bits per heavy atom. The van der Waals surface area contributed by atoms with E-state index >= 15 is 0 Å². The number of imidazole rings is 1. The number of nitrogens with one attached hydrogen (secondary N) is 2. The van der Waals surface area contributed by atoms with Gasteiger partial charge in [-0.3, -0.25) is 0 Å². The molecule has 0 amide bonds. The molecular formula is C15H11Br2ClN2O. The van der Waals surface area contributed by atoms with Gasteiger partial charge in [-0.25, -0.2) is 4.79 Å². The molecule has 21 heavy (non-hydrogen) atoms. The predicted octanol–water partition coefficient (Wildman–Crippen LogP) is 4.90. The van der Waals surface area contributed by atoms with Crippen LogP contribution in [0.15, 0.2) is 50.1 Å². The first kappa shape index (κ1) is 14.9. The van der Waals surface area contributed by atoms with Crippen molar-refractivity contribution in [2.24, 2.45) is 0 Å². The predicted molar refractivity (Wildman–Crippen MR) is 93.1 cm³/mol. The van der Waals surface area contributed by atoms with Gasteiger partial charge in [0.2, 0.25) is 0 Å². The van der Waals surface area contributed by atoms with Crippen LogP contribution in [0.3, 0.4) is 0 Å². The number of rotatable bonds is 3. The van der Waals surface area contributed by atoms with E-state index < -0.39 is 0 Å². The van der Waals surface area contributed by atoms with Gasteiger partial charge >= 0.3 is 5.69 Å². The third-order valence-electron chi connectivity index (χ3n) is 3.30. The van der Waals surface area contributed by atoms with E-state index in [2.05, 4.69) is 41.8 Å². The molecule has 0 aliphatic heterocycles. The summed E-state index contributed by atoms with van der Waals surface area (Å²) in [6, 6.07) is 11.9. The molecular weight excluding hydrogens is 419 g/mol. The van der Waals surface area contributed by atoms with Gasteiger partial charge in [-0.1, -0.05) is 44.0 Å². The molecule has 1 atom stereocenters. The van der Waals surface area contributed by atoms with Crippen LogP contribution in [0.4, 0.5) is 0 Å². The minimum Gasteiger partial charge on any atom is -0.306 e. The van der Waals surface area contributed by atoms with Crippen LogP contribution in [0.25, 0.3) is 11.0 Å². The average Bonchev–Trinajstić information content (AvgIpc) is 2.79. The molecule has 0 aliphatic carbocycles. The minimum atomic E-state index is -0.215. The summed E-state index contributed by atoms with van der Waals surface area (Å²) in [5.41, 5.74) is 3.44. The summed E-state index contributed by atoms with van der Waals surface area (Å²) in [7, 11) is 0. The van der Waals surface area contributed by atoms with Crippen LogP contribution < -0.4 is 5.69 Å². The molecule has 0 saturated carbocycles. The van der Waals surface area contributed by atoms with Crippen molar-refractivity contribution >= 4 is 54.5 Å². The molecule has 0 radical (unpaired) electrons. The largest absolute Gasteiger partial charge is 0.323 e. The standard InChI is InChI=1S/C15H11Br2ClN2O/c16-9-3-1-8(2-4-9)5-12(18)10-6-13-14(7-11(10)17)20-15(21)19-13/h1-4,6-7,12H,5H2,(H2,19,20,21). The van der Waals surface area contributed by atoms with Gasteiger partial charge in [0.25, 0.3) is 0 Å². The van der Waals surface area contributed by atoms with Gasteiger partial charge in [-0.05, 0) is 41.8 Å². The van der Waals surface area contributed by atoms with Crippen LogP contribution in [0, 0.1) is 0 Å². The number of alkyl halides is 1.